The lowest BCUT2D eigenvalue weighted by molar-refractivity contribution is -0.120. The number of rotatable bonds is 2. The third kappa shape index (κ3) is 4.62. The normalized spacial score (nSPS) is 17.8. The van der Waals surface area contributed by atoms with Crippen LogP contribution in [0.2, 0.25) is 0 Å². The zero-order valence-corrected chi connectivity index (χ0v) is 17.1. The number of carbonyl (C=O) groups excluding carboxylic acids is 2. The van der Waals surface area contributed by atoms with Gasteiger partial charge in [-0.1, -0.05) is 0 Å². The van der Waals surface area contributed by atoms with Crippen LogP contribution in [0.4, 0.5) is 10.5 Å². The second-order valence-electron chi connectivity index (χ2n) is 7.24. The average Bonchev–Trinajstić information content (AvgIpc) is 2.90. The van der Waals surface area contributed by atoms with Gasteiger partial charge < -0.3 is 10.1 Å². The first-order valence-corrected chi connectivity index (χ1v) is 9.23. The highest BCUT2D eigenvalue weighted by molar-refractivity contribution is 14.1. The molecule has 0 aromatic heterocycles. The number of hydrogen-bond acceptors (Lipinski definition) is 3. The molecule has 1 heterocycles. The van der Waals surface area contributed by atoms with E-state index in [4.69, 9.17) is 4.74 Å². The third-order valence-corrected chi connectivity index (χ3v) is 4.55. The van der Waals surface area contributed by atoms with Gasteiger partial charge in [-0.3, -0.25) is 9.69 Å². The summed E-state index contributed by atoms with van der Waals surface area (Å²) in [6, 6.07) is 3.59. The summed E-state index contributed by atoms with van der Waals surface area (Å²) >= 11 is 2.26. The van der Waals surface area contributed by atoms with Gasteiger partial charge in [0, 0.05) is 15.8 Å². The second-order valence-corrected chi connectivity index (χ2v) is 8.48. The summed E-state index contributed by atoms with van der Waals surface area (Å²) in [7, 11) is 0. The van der Waals surface area contributed by atoms with Gasteiger partial charge in [0.15, 0.2) is 0 Å². The summed E-state index contributed by atoms with van der Waals surface area (Å²) in [5, 5.41) is 3.00. The first kappa shape index (κ1) is 19.0. The van der Waals surface area contributed by atoms with E-state index in [1.54, 1.807) is 0 Å². The Morgan fingerprint density at radius 3 is 2.38 bits per heavy atom. The van der Waals surface area contributed by atoms with Gasteiger partial charge in [0.25, 0.3) is 0 Å². The van der Waals surface area contributed by atoms with Crippen molar-refractivity contribution in [1.29, 1.82) is 0 Å². The molecule has 5 nitrogen and oxygen atoms in total. The molecule has 1 N–H and O–H groups in total. The molecule has 0 saturated carbocycles. The van der Waals surface area contributed by atoms with Crippen LogP contribution in [0.5, 0.6) is 0 Å². The molecule has 0 radical (unpaired) electrons. The van der Waals surface area contributed by atoms with Crippen molar-refractivity contribution < 1.29 is 14.3 Å². The van der Waals surface area contributed by atoms with Gasteiger partial charge in [-0.15, -0.1) is 0 Å². The SMILES string of the molecule is Cc1cc(I)cc(C)c1NC(=O)[C@H]1CCCN1C(=O)OC(C)(C)C. The molecule has 24 heavy (non-hydrogen) atoms. The minimum atomic E-state index is -0.565. The van der Waals surface area contributed by atoms with E-state index in [0.717, 1.165) is 26.8 Å². The molecule has 0 spiro atoms. The van der Waals surface area contributed by atoms with Crippen LogP contribution >= 0.6 is 22.6 Å². The lowest BCUT2D eigenvalue weighted by Gasteiger charge is -2.28. The quantitative estimate of drug-likeness (QED) is 0.695. The lowest BCUT2D eigenvalue weighted by atomic mass is 10.1. The minimum Gasteiger partial charge on any atom is -0.444 e. The average molecular weight is 444 g/mol. The number of benzene rings is 1. The van der Waals surface area contributed by atoms with Crippen molar-refractivity contribution in [1.82, 2.24) is 4.90 Å². The highest BCUT2D eigenvalue weighted by Gasteiger charge is 2.36. The molecule has 1 aromatic rings. The van der Waals surface area contributed by atoms with Gasteiger partial charge in [0.2, 0.25) is 5.91 Å². The largest absolute Gasteiger partial charge is 0.444 e. The molecule has 1 fully saturated rings. The van der Waals surface area contributed by atoms with Crippen LogP contribution in [0.1, 0.15) is 44.7 Å². The van der Waals surface area contributed by atoms with E-state index in [1.807, 2.05) is 46.8 Å². The van der Waals surface area contributed by atoms with Gasteiger partial charge in [-0.25, -0.2) is 4.79 Å². The van der Waals surface area contributed by atoms with E-state index in [0.29, 0.717) is 13.0 Å². The number of hydrogen-bond donors (Lipinski definition) is 1. The zero-order chi connectivity index (χ0) is 18.1. The van der Waals surface area contributed by atoms with E-state index in [1.165, 1.54) is 4.90 Å². The summed E-state index contributed by atoms with van der Waals surface area (Å²) in [5.74, 6) is -0.147. The number of carbonyl (C=O) groups is 2. The fourth-order valence-electron chi connectivity index (χ4n) is 2.89. The summed E-state index contributed by atoms with van der Waals surface area (Å²) in [4.78, 5) is 26.6. The van der Waals surface area contributed by atoms with E-state index < -0.39 is 17.7 Å². The van der Waals surface area contributed by atoms with Gasteiger partial charge >= 0.3 is 6.09 Å². The highest BCUT2D eigenvalue weighted by atomic mass is 127. The molecule has 0 bridgehead atoms. The fourth-order valence-corrected chi connectivity index (χ4v) is 3.83. The topological polar surface area (TPSA) is 58.6 Å². The molecule has 0 aliphatic carbocycles. The Balaban J connectivity index is 2.13. The number of aryl methyl sites for hydroxylation is 2. The Hall–Kier alpha value is -1.31. The Morgan fingerprint density at radius 2 is 1.83 bits per heavy atom. The van der Waals surface area contributed by atoms with Crippen LogP contribution < -0.4 is 5.32 Å². The number of nitrogens with zero attached hydrogens (tertiary/aromatic N) is 1. The highest BCUT2D eigenvalue weighted by Crippen LogP contribution is 2.26. The van der Waals surface area contributed by atoms with Crippen molar-refractivity contribution in [3.63, 3.8) is 0 Å². The van der Waals surface area contributed by atoms with Crippen LogP contribution in [0.15, 0.2) is 12.1 Å². The Kier molecular flexibility index (Phi) is 5.78. The maximum absolute atomic E-state index is 12.7. The van der Waals surface area contributed by atoms with E-state index in [9.17, 15) is 9.59 Å². The predicted molar refractivity (Wildman–Crippen MR) is 103 cm³/mol. The summed E-state index contributed by atoms with van der Waals surface area (Å²) < 4.78 is 6.56. The minimum absolute atomic E-state index is 0.147. The van der Waals surface area contributed by atoms with Crippen molar-refractivity contribution in [2.24, 2.45) is 0 Å². The Labute approximate surface area is 157 Å². The van der Waals surface area contributed by atoms with Crippen LogP contribution in [-0.4, -0.2) is 35.1 Å². The Morgan fingerprint density at radius 1 is 1.25 bits per heavy atom. The van der Waals surface area contributed by atoms with Gasteiger partial charge in [-0.2, -0.15) is 0 Å². The molecule has 1 saturated heterocycles. The van der Waals surface area contributed by atoms with E-state index >= 15 is 0 Å². The van der Waals surface area contributed by atoms with Crippen LogP contribution in [0.3, 0.4) is 0 Å². The van der Waals surface area contributed by atoms with Crippen LogP contribution in [0, 0.1) is 17.4 Å². The first-order chi connectivity index (χ1) is 11.1. The number of halogens is 1. The first-order valence-electron chi connectivity index (χ1n) is 8.16. The van der Waals surface area contributed by atoms with Crippen molar-refractivity contribution in [3.8, 4) is 0 Å². The predicted octanol–water partition coefficient (Wildman–Crippen LogP) is 4.25. The standard InChI is InChI=1S/C18H25IN2O3/c1-11-9-13(19)10-12(2)15(11)20-16(22)14-7-6-8-21(14)17(23)24-18(3,4)5/h9-10,14H,6-8H2,1-5H3,(H,20,22)/t14-/m1/s1. The number of ether oxygens (including phenoxy) is 1. The van der Waals surface area contributed by atoms with E-state index in [-0.39, 0.29) is 5.91 Å². The van der Waals surface area contributed by atoms with Crippen molar-refractivity contribution >= 4 is 40.3 Å². The smallest absolute Gasteiger partial charge is 0.410 e. The zero-order valence-electron chi connectivity index (χ0n) is 14.9. The summed E-state index contributed by atoms with van der Waals surface area (Å²) in [5.41, 5.74) is 2.31. The lowest BCUT2D eigenvalue weighted by Crippen LogP contribution is -2.45. The van der Waals surface area contributed by atoms with Crippen LogP contribution in [0.25, 0.3) is 0 Å². The third-order valence-electron chi connectivity index (χ3n) is 3.93. The maximum Gasteiger partial charge on any atom is 0.410 e. The van der Waals surface area contributed by atoms with Crippen molar-refractivity contribution in [3.05, 3.63) is 26.8 Å². The number of nitrogens with one attached hydrogen (secondary N) is 1. The molecule has 2 amide bonds. The molecule has 1 aliphatic heterocycles. The van der Waals surface area contributed by atoms with E-state index in [2.05, 4.69) is 27.9 Å². The Bertz CT molecular complexity index is 629. The molecule has 6 heteroatoms. The molecular weight excluding hydrogens is 419 g/mol. The monoisotopic (exact) mass is 444 g/mol. The molecule has 1 aromatic carbocycles. The fraction of sp³-hybridized carbons (Fsp3) is 0.556. The molecule has 1 atom stereocenters. The van der Waals surface area contributed by atoms with Gasteiger partial charge in [0.1, 0.15) is 11.6 Å². The molecule has 2 rings (SSSR count). The molecule has 132 valence electrons. The number of amides is 2. The van der Waals surface area contributed by atoms with Crippen molar-refractivity contribution in [2.75, 3.05) is 11.9 Å². The maximum atomic E-state index is 12.7. The summed E-state index contributed by atoms with van der Waals surface area (Å²) in [6.07, 6.45) is 1.05. The molecule has 0 unspecified atom stereocenters. The van der Waals surface area contributed by atoms with Crippen LogP contribution in [-0.2, 0) is 9.53 Å². The van der Waals surface area contributed by atoms with Gasteiger partial charge in [-0.05, 0) is 93.3 Å². The molecular formula is C18H25IN2O3. The number of anilines is 1. The number of likely N-dealkylation sites (tertiary alicyclic amines) is 1. The van der Waals surface area contributed by atoms with Gasteiger partial charge in [0.05, 0.1) is 0 Å². The van der Waals surface area contributed by atoms with Crippen molar-refractivity contribution in [2.45, 2.75) is 59.1 Å². The second kappa shape index (κ2) is 7.29. The molecule has 1 aliphatic rings. The summed E-state index contributed by atoms with van der Waals surface area (Å²) in [6.45, 7) is 9.99.